The molecule has 1 aliphatic rings. The topological polar surface area (TPSA) is 50.4 Å². The highest BCUT2D eigenvalue weighted by Gasteiger charge is 2.14. The zero-order chi connectivity index (χ0) is 14.4. The van der Waals surface area contributed by atoms with Gasteiger partial charge in [-0.15, -0.1) is 24.0 Å². The molecule has 3 N–H and O–H groups in total. The number of thioether (sulfide) groups is 1. The fraction of sp³-hybridized carbons (Fsp3) is 0.533. The lowest BCUT2D eigenvalue weighted by Crippen LogP contribution is -2.38. The summed E-state index contributed by atoms with van der Waals surface area (Å²) in [4.78, 5) is 4.38. The van der Waals surface area contributed by atoms with Crippen molar-refractivity contribution in [2.75, 3.05) is 6.26 Å². The standard InChI is InChI=1S/C15H22FN3S.HI/c1-20-10-12-8-13(16)7-6-11(12)9-18-15(17)19-14-4-2-3-5-14;/h6-8,14H,2-5,9-10H2,1H3,(H3,17,18,19);1H. The molecular formula is C15H23FIN3S. The largest absolute Gasteiger partial charge is 0.370 e. The number of hydrogen-bond acceptors (Lipinski definition) is 2. The third-order valence-corrected chi connectivity index (χ3v) is 4.19. The normalized spacial score (nSPS) is 15.8. The second kappa shape index (κ2) is 9.50. The predicted octanol–water partition coefficient (Wildman–Crippen LogP) is 3.65. The smallest absolute Gasteiger partial charge is 0.189 e. The van der Waals surface area contributed by atoms with E-state index in [0.29, 0.717) is 18.5 Å². The number of benzene rings is 1. The molecule has 0 radical (unpaired) electrons. The fourth-order valence-corrected chi connectivity index (χ4v) is 3.11. The van der Waals surface area contributed by atoms with Crippen LogP contribution in [0.1, 0.15) is 36.8 Å². The number of hydrogen-bond donors (Lipinski definition) is 2. The van der Waals surface area contributed by atoms with Crippen molar-refractivity contribution >= 4 is 41.7 Å². The molecule has 2 rings (SSSR count). The van der Waals surface area contributed by atoms with Crippen LogP contribution in [0.3, 0.4) is 0 Å². The third kappa shape index (κ3) is 6.02. The molecule has 1 aromatic rings. The summed E-state index contributed by atoms with van der Waals surface area (Å²) < 4.78 is 13.3. The van der Waals surface area contributed by atoms with Gasteiger partial charge in [-0.25, -0.2) is 9.38 Å². The number of nitrogens with two attached hydrogens (primary N) is 1. The molecule has 0 atom stereocenters. The van der Waals surface area contributed by atoms with Gasteiger partial charge in [-0.1, -0.05) is 18.9 Å². The SMILES string of the molecule is CSCc1cc(F)ccc1CN=C(N)NC1CCCC1.I. The Morgan fingerprint density at radius 1 is 1.38 bits per heavy atom. The van der Waals surface area contributed by atoms with Crippen LogP contribution in [0.4, 0.5) is 4.39 Å². The van der Waals surface area contributed by atoms with Crippen molar-refractivity contribution in [2.24, 2.45) is 10.7 Å². The summed E-state index contributed by atoms with van der Waals surface area (Å²) in [6, 6.07) is 5.34. The van der Waals surface area contributed by atoms with E-state index in [2.05, 4.69) is 10.3 Å². The molecular weight excluding hydrogens is 400 g/mol. The van der Waals surface area contributed by atoms with E-state index in [9.17, 15) is 4.39 Å². The number of nitrogens with zero attached hydrogens (tertiary/aromatic N) is 1. The van der Waals surface area contributed by atoms with Gasteiger partial charge < -0.3 is 11.1 Å². The van der Waals surface area contributed by atoms with Gasteiger partial charge in [-0.05, 0) is 42.4 Å². The molecule has 6 heteroatoms. The van der Waals surface area contributed by atoms with Gasteiger partial charge in [0, 0.05) is 11.8 Å². The summed E-state index contributed by atoms with van der Waals surface area (Å²) in [5.41, 5.74) is 7.95. The summed E-state index contributed by atoms with van der Waals surface area (Å²) >= 11 is 1.68. The van der Waals surface area contributed by atoms with E-state index in [1.54, 1.807) is 23.9 Å². The molecule has 0 spiro atoms. The first-order valence-corrected chi connectivity index (χ1v) is 8.41. The predicted molar refractivity (Wildman–Crippen MR) is 99.8 cm³/mol. The molecule has 0 aliphatic heterocycles. The van der Waals surface area contributed by atoms with Gasteiger partial charge in [-0.2, -0.15) is 11.8 Å². The lowest BCUT2D eigenvalue weighted by molar-refractivity contribution is 0.623. The Kier molecular flexibility index (Phi) is 8.39. The van der Waals surface area contributed by atoms with Crippen LogP contribution in [0.2, 0.25) is 0 Å². The van der Waals surface area contributed by atoms with Crippen molar-refractivity contribution < 1.29 is 4.39 Å². The lowest BCUT2D eigenvalue weighted by atomic mass is 10.1. The summed E-state index contributed by atoms with van der Waals surface area (Å²) in [5.74, 6) is 1.09. The monoisotopic (exact) mass is 423 g/mol. The van der Waals surface area contributed by atoms with Crippen LogP contribution in [0.15, 0.2) is 23.2 Å². The van der Waals surface area contributed by atoms with Crippen LogP contribution in [0.25, 0.3) is 0 Å². The van der Waals surface area contributed by atoms with E-state index < -0.39 is 0 Å². The molecule has 0 heterocycles. The second-order valence-electron chi connectivity index (χ2n) is 5.17. The maximum absolute atomic E-state index is 13.3. The van der Waals surface area contributed by atoms with Gasteiger partial charge in [0.25, 0.3) is 0 Å². The Bertz CT molecular complexity index is 476. The molecule has 0 saturated heterocycles. The molecule has 0 unspecified atom stereocenters. The van der Waals surface area contributed by atoms with Crippen molar-refractivity contribution in [2.45, 2.75) is 44.0 Å². The average molecular weight is 423 g/mol. The van der Waals surface area contributed by atoms with Gasteiger partial charge in [0.2, 0.25) is 0 Å². The number of nitrogens with one attached hydrogen (secondary N) is 1. The summed E-state index contributed by atoms with van der Waals surface area (Å²) in [6.07, 6.45) is 6.88. The summed E-state index contributed by atoms with van der Waals surface area (Å²) in [5, 5.41) is 3.26. The fourth-order valence-electron chi connectivity index (χ4n) is 2.53. The number of aliphatic imine (C=N–C) groups is 1. The highest BCUT2D eigenvalue weighted by molar-refractivity contribution is 14.0. The van der Waals surface area contributed by atoms with E-state index in [-0.39, 0.29) is 29.8 Å². The first kappa shape index (κ1) is 18.5. The van der Waals surface area contributed by atoms with E-state index >= 15 is 0 Å². The van der Waals surface area contributed by atoms with Crippen LogP contribution < -0.4 is 11.1 Å². The zero-order valence-electron chi connectivity index (χ0n) is 12.3. The van der Waals surface area contributed by atoms with Gasteiger partial charge in [0.15, 0.2) is 5.96 Å². The van der Waals surface area contributed by atoms with E-state index in [1.807, 2.05) is 6.26 Å². The van der Waals surface area contributed by atoms with Gasteiger partial charge >= 0.3 is 0 Å². The summed E-state index contributed by atoms with van der Waals surface area (Å²) in [7, 11) is 0. The Morgan fingerprint density at radius 2 is 2.10 bits per heavy atom. The van der Waals surface area contributed by atoms with Crippen molar-refractivity contribution in [3.8, 4) is 0 Å². The van der Waals surface area contributed by atoms with E-state index in [1.165, 1.54) is 31.7 Å². The average Bonchev–Trinajstić information content (AvgIpc) is 2.91. The quantitative estimate of drug-likeness (QED) is 0.432. The number of halogens is 2. The number of rotatable bonds is 5. The Morgan fingerprint density at radius 3 is 2.76 bits per heavy atom. The molecule has 21 heavy (non-hydrogen) atoms. The minimum atomic E-state index is -0.196. The molecule has 3 nitrogen and oxygen atoms in total. The summed E-state index contributed by atoms with van der Waals surface area (Å²) in [6.45, 7) is 0.502. The van der Waals surface area contributed by atoms with Crippen LogP contribution in [-0.2, 0) is 12.3 Å². The van der Waals surface area contributed by atoms with Crippen molar-refractivity contribution in [1.29, 1.82) is 0 Å². The molecule has 0 aromatic heterocycles. The van der Waals surface area contributed by atoms with E-state index in [4.69, 9.17) is 5.73 Å². The van der Waals surface area contributed by atoms with Crippen molar-refractivity contribution in [3.05, 3.63) is 35.1 Å². The Balaban J connectivity index is 0.00000220. The second-order valence-corrected chi connectivity index (χ2v) is 6.04. The maximum Gasteiger partial charge on any atom is 0.189 e. The molecule has 1 saturated carbocycles. The minimum absolute atomic E-state index is 0. The maximum atomic E-state index is 13.3. The molecule has 1 fully saturated rings. The van der Waals surface area contributed by atoms with Crippen molar-refractivity contribution in [1.82, 2.24) is 5.32 Å². The Labute approximate surface area is 147 Å². The van der Waals surface area contributed by atoms with Crippen LogP contribution in [0.5, 0.6) is 0 Å². The van der Waals surface area contributed by atoms with E-state index in [0.717, 1.165) is 16.9 Å². The number of guanidine groups is 1. The lowest BCUT2D eigenvalue weighted by Gasteiger charge is -2.13. The highest BCUT2D eigenvalue weighted by Crippen LogP contribution is 2.18. The molecule has 1 aliphatic carbocycles. The Hall–Kier alpha value is -0.500. The third-order valence-electron chi connectivity index (χ3n) is 3.60. The van der Waals surface area contributed by atoms with Gasteiger partial charge in [0.1, 0.15) is 5.82 Å². The van der Waals surface area contributed by atoms with Crippen LogP contribution in [-0.4, -0.2) is 18.3 Å². The molecule has 1 aromatic carbocycles. The minimum Gasteiger partial charge on any atom is -0.370 e. The van der Waals surface area contributed by atoms with Gasteiger partial charge in [-0.3, -0.25) is 0 Å². The molecule has 0 amide bonds. The molecule has 118 valence electrons. The van der Waals surface area contributed by atoms with Crippen LogP contribution in [0, 0.1) is 5.82 Å². The van der Waals surface area contributed by atoms with Crippen LogP contribution >= 0.6 is 35.7 Å². The first-order chi connectivity index (χ1) is 9.69. The van der Waals surface area contributed by atoms with Crippen molar-refractivity contribution in [3.63, 3.8) is 0 Å². The van der Waals surface area contributed by atoms with Gasteiger partial charge in [0.05, 0.1) is 6.54 Å². The highest BCUT2D eigenvalue weighted by atomic mass is 127. The zero-order valence-corrected chi connectivity index (χ0v) is 15.4. The first-order valence-electron chi connectivity index (χ1n) is 7.01. The molecule has 0 bridgehead atoms.